The molecular weight excluding hydrogens is 256 g/mol. The van der Waals surface area contributed by atoms with Gasteiger partial charge in [-0.25, -0.2) is 4.79 Å². The molecule has 1 aliphatic heterocycles. The van der Waals surface area contributed by atoms with Gasteiger partial charge >= 0.3 is 5.97 Å². The number of rotatable bonds is 2. The quantitative estimate of drug-likeness (QED) is 0.879. The van der Waals surface area contributed by atoms with E-state index in [0.29, 0.717) is 23.8 Å². The van der Waals surface area contributed by atoms with Crippen molar-refractivity contribution in [2.45, 2.75) is 0 Å². The second-order valence-electron chi connectivity index (χ2n) is 4.18. The van der Waals surface area contributed by atoms with Crippen LogP contribution < -0.4 is 4.90 Å². The molecule has 0 radical (unpaired) electrons. The van der Waals surface area contributed by atoms with Crippen LogP contribution in [0.1, 0.15) is 10.4 Å². The number of carbonyl (C=O) groups is 2. The average molecular weight is 269 g/mol. The van der Waals surface area contributed by atoms with Crippen LogP contribution in [0, 0.1) is 0 Å². The van der Waals surface area contributed by atoms with Crippen molar-refractivity contribution in [2.75, 3.05) is 31.6 Å². The van der Waals surface area contributed by atoms with Crippen LogP contribution in [0.15, 0.2) is 18.2 Å². The average Bonchev–Trinajstić information content (AvgIpc) is 2.32. The van der Waals surface area contributed by atoms with Crippen LogP contribution in [0.2, 0.25) is 5.02 Å². The fourth-order valence-electron chi connectivity index (χ4n) is 1.96. The maximum Gasteiger partial charge on any atom is 0.337 e. The summed E-state index contributed by atoms with van der Waals surface area (Å²) in [5.74, 6) is -1.09. The Labute approximate surface area is 110 Å². The molecule has 1 heterocycles. The van der Waals surface area contributed by atoms with E-state index >= 15 is 0 Å². The van der Waals surface area contributed by atoms with E-state index in [-0.39, 0.29) is 18.0 Å². The largest absolute Gasteiger partial charge is 0.478 e. The Bertz CT molecular complexity index is 504. The van der Waals surface area contributed by atoms with E-state index < -0.39 is 5.97 Å². The molecular formula is C12H13ClN2O3. The van der Waals surface area contributed by atoms with Gasteiger partial charge in [0.25, 0.3) is 0 Å². The lowest BCUT2D eigenvalue weighted by atomic mass is 10.1. The lowest BCUT2D eigenvalue weighted by molar-refractivity contribution is -0.129. The van der Waals surface area contributed by atoms with Crippen molar-refractivity contribution < 1.29 is 14.7 Å². The molecule has 1 saturated heterocycles. The molecule has 96 valence electrons. The smallest absolute Gasteiger partial charge is 0.337 e. The van der Waals surface area contributed by atoms with Crippen LogP contribution in [0.5, 0.6) is 0 Å². The molecule has 6 heteroatoms. The number of aromatic carboxylic acids is 1. The highest BCUT2D eigenvalue weighted by molar-refractivity contribution is 6.34. The Morgan fingerprint density at radius 2 is 2.11 bits per heavy atom. The zero-order chi connectivity index (χ0) is 13.3. The zero-order valence-corrected chi connectivity index (χ0v) is 10.6. The highest BCUT2D eigenvalue weighted by Crippen LogP contribution is 2.30. The van der Waals surface area contributed by atoms with Gasteiger partial charge in [0.05, 0.1) is 22.8 Å². The number of hydrogen-bond acceptors (Lipinski definition) is 3. The molecule has 1 N–H and O–H groups in total. The Balaban J connectivity index is 2.39. The predicted molar refractivity (Wildman–Crippen MR) is 68.3 cm³/mol. The van der Waals surface area contributed by atoms with Crippen molar-refractivity contribution in [1.82, 2.24) is 4.90 Å². The number of carboxylic acid groups (broad SMARTS) is 1. The van der Waals surface area contributed by atoms with Crippen molar-refractivity contribution >= 4 is 29.2 Å². The first kappa shape index (κ1) is 12.7. The summed E-state index contributed by atoms with van der Waals surface area (Å²) in [6, 6.07) is 4.71. The molecule has 1 fully saturated rings. The Kier molecular flexibility index (Phi) is 3.43. The molecule has 0 aliphatic carbocycles. The van der Waals surface area contributed by atoms with Gasteiger partial charge in [0.1, 0.15) is 0 Å². The SMILES string of the molecule is CN1CCN(c2c(Cl)cccc2C(=O)O)CC1=O. The topological polar surface area (TPSA) is 60.9 Å². The summed E-state index contributed by atoms with van der Waals surface area (Å²) in [7, 11) is 1.73. The van der Waals surface area contributed by atoms with Crippen LogP contribution >= 0.6 is 11.6 Å². The first-order chi connectivity index (χ1) is 8.50. The Morgan fingerprint density at radius 1 is 1.39 bits per heavy atom. The lowest BCUT2D eigenvalue weighted by Gasteiger charge is -2.34. The molecule has 0 spiro atoms. The summed E-state index contributed by atoms with van der Waals surface area (Å²) < 4.78 is 0. The van der Waals surface area contributed by atoms with E-state index in [9.17, 15) is 9.59 Å². The highest BCUT2D eigenvalue weighted by atomic mass is 35.5. The number of carboxylic acids is 1. The molecule has 0 saturated carbocycles. The normalized spacial score (nSPS) is 16.0. The maximum absolute atomic E-state index is 11.7. The van der Waals surface area contributed by atoms with Gasteiger partial charge in [-0.15, -0.1) is 0 Å². The van der Waals surface area contributed by atoms with Crippen molar-refractivity contribution in [3.8, 4) is 0 Å². The molecule has 0 aromatic heterocycles. The molecule has 1 aromatic rings. The van der Waals surface area contributed by atoms with E-state index in [1.165, 1.54) is 6.07 Å². The standard InChI is InChI=1S/C12H13ClN2O3/c1-14-5-6-15(7-10(14)16)11-8(12(17)18)3-2-4-9(11)13/h2-4H,5-7H2,1H3,(H,17,18). The third-order valence-corrected chi connectivity index (χ3v) is 3.30. The Morgan fingerprint density at radius 3 is 2.72 bits per heavy atom. The van der Waals surface area contributed by atoms with Crippen LogP contribution in [0.4, 0.5) is 5.69 Å². The predicted octanol–water partition coefficient (Wildman–Crippen LogP) is 1.32. The number of para-hydroxylation sites is 1. The highest BCUT2D eigenvalue weighted by Gasteiger charge is 2.26. The van der Waals surface area contributed by atoms with Gasteiger partial charge in [-0.1, -0.05) is 17.7 Å². The molecule has 1 amide bonds. The molecule has 2 rings (SSSR count). The first-order valence-corrected chi connectivity index (χ1v) is 5.89. The molecule has 0 bridgehead atoms. The van der Waals surface area contributed by atoms with Crippen LogP contribution in [0.3, 0.4) is 0 Å². The minimum atomic E-state index is -1.04. The number of halogens is 1. The summed E-state index contributed by atoms with van der Waals surface area (Å²) in [5.41, 5.74) is 0.549. The molecule has 1 aliphatic rings. The molecule has 1 aromatic carbocycles. The molecule has 18 heavy (non-hydrogen) atoms. The van der Waals surface area contributed by atoms with Gasteiger partial charge in [-0.3, -0.25) is 4.79 Å². The van der Waals surface area contributed by atoms with E-state index in [4.69, 9.17) is 16.7 Å². The fraction of sp³-hybridized carbons (Fsp3) is 0.333. The Hall–Kier alpha value is -1.75. The van der Waals surface area contributed by atoms with Gasteiger partial charge < -0.3 is 14.9 Å². The summed E-state index contributed by atoms with van der Waals surface area (Å²) in [4.78, 5) is 26.2. The summed E-state index contributed by atoms with van der Waals surface area (Å²) in [5, 5.41) is 9.51. The summed E-state index contributed by atoms with van der Waals surface area (Å²) in [6.45, 7) is 1.29. The van der Waals surface area contributed by atoms with Crippen molar-refractivity contribution in [3.63, 3.8) is 0 Å². The van der Waals surface area contributed by atoms with Gasteiger partial charge in [-0.05, 0) is 12.1 Å². The van der Waals surface area contributed by atoms with Crippen molar-refractivity contribution in [3.05, 3.63) is 28.8 Å². The third kappa shape index (κ3) is 2.26. The van der Waals surface area contributed by atoms with Crippen LogP contribution in [0.25, 0.3) is 0 Å². The number of benzene rings is 1. The molecule has 0 atom stereocenters. The third-order valence-electron chi connectivity index (χ3n) is 2.99. The number of likely N-dealkylation sites (N-methyl/N-ethyl adjacent to an activating group) is 1. The number of piperazine rings is 1. The van der Waals surface area contributed by atoms with Crippen molar-refractivity contribution in [1.29, 1.82) is 0 Å². The van der Waals surface area contributed by atoms with Gasteiger partial charge in [0.2, 0.25) is 5.91 Å². The van der Waals surface area contributed by atoms with Crippen LogP contribution in [-0.2, 0) is 4.79 Å². The number of hydrogen-bond donors (Lipinski definition) is 1. The second kappa shape index (κ2) is 4.86. The second-order valence-corrected chi connectivity index (χ2v) is 4.59. The van der Waals surface area contributed by atoms with Gasteiger partial charge in [0, 0.05) is 20.1 Å². The minimum Gasteiger partial charge on any atom is -0.478 e. The number of anilines is 1. The fourth-order valence-corrected chi connectivity index (χ4v) is 2.25. The monoisotopic (exact) mass is 268 g/mol. The zero-order valence-electron chi connectivity index (χ0n) is 9.89. The summed E-state index contributed by atoms with van der Waals surface area (Å²) >= 11 is 6.06. The first-order valence-electron chi connectivity index (χ1n) is 5.51. The van der Waals surface area contributed by atoms with Crippen LogP contribution in [-0.4, -0.2) is 48.6 Å². The van der Waals surface area contributed by atoms with Gasteiger partial charge in [0.15, 0.2) is 0 Å². The summed E-state index contributed by atoms with van der Waals surface area (Å²) in [6.07, 6.45) is 0. The number of amides is 1. The maximum atomic E-state index is 11.7. The van der Waals surface area contributed by atoms with E-state index in [2.05, 4.69) is 0 Å². The molecule has 5 nitrogen and oxygen atoms in total. The number of carbonyl (C=O) groups excluding carboxylic acids is 1. The van der Waals surface area contributed by atoms with E-state index in [1.807, 2.05) is 0 Å². The van der Waals surface area contributed by atoms with E-state index in [0.717, 1.165) is 0 Å². The van der Waals surface area contributed by atoms with Gasteiger partial charge in [-0.2, -0.15) is 0 Å². The number of nitrogens with zero attached hydrogens (tertiary/aromatic N) is 2. The van der Waals surface area contributed by atoms with E-state index in [1.54, 1.807) is 29.0 Å². The molecule has 0 unspecified atom stereocenters. The lowest BCUT2D eigenvalue weighted by Crippen LogP contribution is -2.49. The minimum absolute atomic E-state index is 0.0440. The van der Waals surface area contributed by atoms with Crippen molar-refractivity contribution in [2.24, 2.45) is 0 Å².